The minimum atomic E-state index is 0.0338. The molecule has 0 atom stereocenters. The summed E-state index contributed by atoms with van der Waals surface area (Å²) in [6, 6.07) is 7.47. The number of benzene rings is 1. The van der Waals surface area contributed by atoms with Gasteiger partial charge in [0.05, 0.1) is 0 Å². The molecule has 2 aromatic rings. The van der Waals surface area contributed by atoms with E-state index < -0.39 is 0 Å². The lowest BCUT2D eigenvalue weighted by atomic mass is 10.1. The van der Waals surface area contributed by atoms with E-state index in [-0.39, 0.29) is 5.78 Å². The fourth-order valence-electron chi connectivity index (χ4n) is 1.44. The third-order valence-electron chi connectivity index (χ3n) is 2.29. The van der Waals surface area contributed by atoms with Crippen LogP contribution < -0.4 is 0 Å². The minimum Gasteiger partial charge on any atom is -0.294 e. The standard InChI is InChI=1S/C13H11BrN2OS/c1-8-5-6-15-13(16-8)18-12-4-3-10(14)7-11(12)9(2)17/h3-7H,1-2H3. The highest BCUT2D eigenvalue weighted by atomic mass is 79.9. The summed E-state index contributed by atoms with van der Waals surface area (Å²) in [5, 5.41) is 0.653. The summed E-state index contributed by atoms with van der Waals surface area (Å²) in [5.41, 5.74) is 1.59. The largest absolute Gasteiger partial charge is 0.294 e. The van der Waals surface area contributed by atoms with Gasteiger partial charge in [0.25, 0.3) is 0 Å². The molecule has 0 aliphatic rings. The maximum atomic E-state index is 11.6. The molecular formula is C13H11BrN2OS. The van der Waals surface area contributed by atoms with E-state index in [0.29, 0.717) is 10.7 Å². The molecule has 18 heavy (non-hydrogen) atoms. The number of aryl methyl sites for hydroxylation is 1. The maximum absolute atomic E-state index is 11.6. The van der Waals surface area contributed by atoms with Crippen molar-refractivity contribution in [2.45, 2.75) is 23.9 Å². The van der Waals surface area contributed by atoms with Crippen LogP contribution in [0.5, 0.6) is 0 Å². The van der Waals surface area contributed by atoms with Crippen LogP contribution in [0.25, 0.3) is 0 Å². The molecule has 92 valence electrons. The van der Waals surface area contributed by atoms with Gasteiger partial charge in [-0.25, -0.2) is 9.97 Å². The van der Waals surface area contributed by atoms with Gasteiger partial charge < -0.3 is 0 Å². The molecular weight excluding hydrogens is 312 g/mol. The summed E-state index contributed by atoms with van der Waals surface area (Å²) in [7, 11) is 0. The molecule has 0 bridgehead atoms. The fraction of sp³-hybridized carbons (Fsp3) is 0.154. The third-order valence-corrected chi connectivity index (χ3v) is 3.74. The van der Waals surface area contributed by atoms with Gasteiger partial charge in [0.2, 0.25) is 0 Å². The second-order valence-corrected chi connectivity index (χ2v) is 5.70. The Labute approximate surface area is 118 Å². The first kappa shape index (κ1) is 13.2. The van der Waals surface area contributed by atoms with Gasteiger partial charge in [-0.15, -0.1) is 0 Å². The summed E-state index contributed by atoms with van der Waals surface area (Å²) in [6.45, 7) is 3.47. The molecule has 0 unspecified atom stereocenters. The predicted octanol–water partition coefficient (Wildman–Crippen LogP) is 3.90. The predicted molar refractivity (Wildman–Crippen MR) is 75.0 cm³/mol. The van der Waals surface area contributed by atoms with Crippen molar-refractivity contribution < 1.29 is 4.79 Å². The molecule has 5 heteroatoms. The number of Topliss-reactive ketones (excluding diaryl/α,β-unsaturated/α-hetero) is 1. The normalized spacial score (nSPS) is 10.4. The van der Waals surface area contributed by atoms with Crippen molar-refractivity contribution in [2.75, 3.05) is 0 Å². The van der Waals surface area contributed by atoms with Crippen molar-refractivity contribution in [3.8, 4) is 0 Å². The van der Waals surface area contributed by atoms with Crippen LogP contribution in [-0.4, -0.2) is 15.8 Å². The molecule has 1 heterocycles. The summed E-state index contributed by atoms with van der Waals surface area (Å²) in [6.07, 6.45) is 1.72. The Hall–Kier alpha value is -1.20. The van der Waals surface area contributed by atoms with Gasteiger partial charge in [0, 0.05) is 26.8 Å². The number of rotatable bonds is 3. The monoisotopic (exact) mass is 322 g/mol. The molecule has 0 fully saturated rings. The van der Waals surface area contributed by atoms with Gasteiger partial charge in [-0.3, -0.25) is 4.79 Å². The van der Waals surface area contributed by atoms with Crippen LogP contribution in [-0.2, 0) is 0 Å². The molecule has 0 aliphatic heterocycles. The average Bonchev–Trinajstić information content (AvgIpc) is 2.31. The van der Waals surface area contributed by atoms with Crippen molar-refractivity contribution >= 4 is 33.5 Å². The Morgan fingerprint density at radius 1 is 1.33 bits per heavy atom. The van der Waals surface area contributed by atoms with Crippen molar-refractivity contribution in [1.82, 2.24) is 9.97 Å². The lowest BCUT2D eigenvalue weighted by Crippen LogP contribution is -1.96. The molecule has 1 aromatic carbocycles. The Morgan fingerprint density at radius 3 is 2.78 bits per heavy atom. The summed E-state index contributed by atoms with van der Waals surface area (Å²) >= 11 is 4.77. The quantitative estimate of drug-likeness (QED) is 0.635. The van der Waals surface area contributed by atoms with Gasteiger partial charge in [-0.05, 0) is 49.9 Å². The molecule has 0 amide bonds. The van der Waals surface area contributed by atoms with Crippen LogP contribution in [0.4, 0.5) is 0 Å². The van der Waals surface area contributed by atoms with Crippen LogP contribution in [0.2, 0.25) is 0 Å². The second-order valence-electron chi connectivity index (χ2n) is 3.78. The maximum Gasteiger partial charge on any atom is 0.192 e. The Bertz CT molecular complexity index is 601. The highest BCUT2D eigenvalue weighted by Crippen LogP contribution is 2.30. The van der Waals surface area contributed by atoms with E-state index in [2.05, 4.69) is 25.9 Å². The molecule has 3 nitrogen and oxygen atoms in total. The van der Waals surface area contributed by atoms with Gasteiger partial charge >= 0.3 is 0 Å². The molecule has 0 radical (unpaired) electrons. The van der Waals surface area contributed by atoms with Gasteiger partial charge in [0.1, 0.15) is 0 Å². The lowest BCUT2D eigenvalue weighted by Gasteiger charge is -2.06. The zero-order valence-electron chi connectivity index (χ0n) is 9.98. The van der Waals surface area contributed by atoms with Crippen LogP contribution >= 0.6 is 27.7 Å². The lowest BCUT2D eigenvalue weighted by molar-refractivity contribution is 0.101. The van der Waals surface area contributed by atoms with Crippen molar-refractivity contribution in [2.24, 2.45) is 0 Å². The SMILES string of the molecule is CC(=O)c1cc(Br)ccc1Sc1nccc(C)n1. The van der Waals surface area contributed by atoms with E-state index in [1.165, 1.54) is 11.8 Å². The Kier molecular flexibility index (Phi) is 4.14. The first-order valence-electron chi connectivity index (χ1n) is 5.34. The smallest absolute Gasteiger partial charge is 0.192 e. The van der Waals surface area contributed by atoms with Crippen LogP contribution in [0.1, 0.15) is 23.0 Å². The van der Waals surface area contributed by atoms with Crippen LogP contribution in [0, 0.1) is 6.92 Å². The zero-order valence-corrected chi connectivity index (χ0v) is 12.4. The zero-order chi connectivity index (χ0) is 13.1. The number of halogens is 1. The number of ketones is 1. The third kappa shape index (κ3) is 3.17. The number of hydrogen-bond donors (Lipinski definition) is 0. The van der Waals surface area contributed by atoms with Gasteiger partial charge in [0.15, 0.2) is 10.9 Å². The number of carbonyl (C=O) groups excluding carboxylic acids is 1. The minimum absolute atomic E-state index is 0.0338. The summed E-state index contributed by atoms with van der Waals surface area (Å²) in [5.74, 6) is 0.0338. The summed E-state index contributed by atoms with van der Waals surface area (Å²) in [4.78, 5) is 21.0. The van der Waals surface area contributed by atoms with E-state index in [4.69, 9.17) is 0 Å². The first-order valence-corrected chi connectivity index (χ1v) is 6.95. The van der Waals surface area contributed by atoms with E-state index in [0.717, 1.165) is 15.1 Å². The van der Waals surface area contributed by atoms with Crippen molar-refractivity contribution in [3.63, 3.8) is 0 Å². The Balaban J connectivity index is 2.37. The molecule has 0 spiro atoms. The number of aromatic nitrogens is 2. The highest BCUT2D eigenvalue weighted by Gasteiger charge is 2.10. The van der Waals surface area contributed by atoms with Crippen molar-refractivity contribution in [1.29, 1.82) is 0 Å². The molecule has 0 saturated heterocycles. The van der Waals surface area contributed by atoms with Gasteiger partial charge in [-0.1, -0.05) is 15.9 Å². The van der Waals surface area contributed by atoms with E-state index in [1.807, 2.05) is 31.2 Å². The Morgan fingerprint density at radius 2 is 2.11 bits per heavy atom. The molecule has 2 rings (SSSR count). The van der Waals surface area contributed by atoms with E-state index in [1.54, 1.807) is 13.1 Å². The highest BCUT2D eigenvalue weighted by molar-refractivity contribution is 9.10. The van der Waals surface area contributed by atoms with Crippen LogP contribution in [0.15, 0.2) is 45.0 Å². The topological polar surface area (TPSA) is 42.9 Å². The second kappa shape index (κ2) is 5.63. The molecule has 0 N–H and O–H groups in total. The number of nitrogens with zero attached hydrogens (tertiary/aromatic N) is 2. The molecule has 0 aliphatic carbocycles. The van der Waals surface area contributed by atoms with E-state index >= 15 is 0 Å². The van der Waals surface area contributed by atoms with Crippen molar-refractivity contribution in [3.05, 3.63) is 46.2 Å². The molecule has 0 saturated carbocycles. The number of carbonyl (C=O) groups is 1. The van der Waals surface area contributed by atoms with Gasteiger partial charge in [-0.2, -0.15) is 0 Å². The van der Waals surface area contributed by atoms with E-state index in [9.17, 15) is 4.79 Å². The average molecular weight is 323 g/mol. The summed E-state index contributed by atoms with van der Waals surface area (Å²) < 4.78 is 0.891. The number of hydrogen-bond acceptors (Lipinski definition) is 4. The van der Waals surface area contributed by atoms with Crippen LogP contribution in [0.3, 0.4) is 0 Å². The first-order chi connectivity index (χ1) is 8.56. The molecule has 1 aromatic heterocycles. The fourth-order valence-corrected chi connectivity index (χ4v) is 2.75.